The molecule has 1 heterocycles. The van der Waals surface area contributed by atoms with Crippen LogP contribution in [0.1, 0.15) is 51.9 Å². The minimum atomic E-state index is 0.459. The van der Waals surface area contributed by atoms with Crippen molar-refractivity contribution in [1.29, 1.82) is 0 Å². The fourth-order valence-corrected chi connectivity index (χ4v) is 3.55. The van der Waals surface area contributed by atoms with Crippen molar-refractivity contribution in [2.45, 2.75) is 51.9 Å². The van der Waals surface area contributed by atoms with Crippen LogP contribution >= 0.6 is 0 Å². The highest BCUT2D eigenvalue weighted by atomic mass is 15.2. The maximum atomic E-state index is 6.09. The van der Waals surface area contributed by atoms with Gasteiger partial charge in [0.1, 0.15) is 0 Å². The van der Waals surface area contributed by atoms with Crippen LogP contribution in [0, 0.1) is 11.3 Å². The van der Waals surface area contributed by atoms with Crippen LogP contribution in [-0.2, 0) is 0 Å². The van der Waals surface area contributed by atoms with Gasteiger partial charge < -0.3 is 10.6 Å². The van der Waals surface area contributed by atoms with Gasteiger partial charge in [0.2, 0.25) is 0 Å². The van der Waals surface area contributed by atoms with Crippen LogP contribution in [0.15, 0.2) is 0 Å². The van der Waals surface area contributed by atoms with Crippen molar-refractivity contribution in [3.63, 3.8) is 0 Å². The van der Waals surface area contributed by atoms with Gasteiger partial charge in [-0.3, -0.25) is 0 Å². The zero-order valence-corrected chi connectivity index (χ0v) is 10.9. The Morgan fingerprint density at radius 2 is 1.88 bits per heavy atom. The summed E-state index contributed by atoms with van der Waals surface area (Å²) < 4.78 is 0. The highest BCUT2D eigenvalue weighted by Gasteiger charge is 2.33. The fourth-order valence-electron chi connectivity index (χ4n) is 3.55. The van der Waals surface area contributed by atoms with Crippen molar-refractivity contribution >= 4 is 0 Å². The monoisotopic (exact) mass is 224 g/mol. The lowest BCUT2D eigenvalue weighted by Crippen LogP contribution is -2.41. The quantitative estimate of drug-likeness (QED) is 0.747. The van der Waals surface area contributed by atoms with Gasteiger partial charge in [-0.1, -0.05) is 32.6 Å². The molecular weight excluding hydrogens is 196 g/mol. The Morgan fingerprint density at radius 3 is 2.38 bits per heavy atom. The van der Waals surface area contributed by atoms with Gasteiger partial charge in [-0.05, 0) is 43.7 Å². The van der Waals surface area contributed by atoms with Crippen molar-refractivity contribution < 1.29 is 0 Å². The van der Waals surface area contributed by atoms with Gasteiger partial charge in [-0.25, -0.2) is 0 Å². The van der Waals surface area contributed by atoms with Gasteiger partial charge in [0.15, 0.2) is 0 Å². The number of hydrogen-bond donors (Lipinski definition) is 1. The third-order valence-corrected chi connectivity index (χ3v) is 4.66. The molecule has 0 aromatic carbocycles. The zero-order chi connectivity index (χ0) is 11.4. The van der Waals surface area contributed by atoms with Gasteiger partial charge in [0.05, 0.1) is 0 Å². The molecule has 1 saturated heterocycles. The molecule has 1 aliphatic heterocycles. The molecule has 0 amide bonds. The van der Waals surface area contributed by atoms with Crippen molar-refractivity contribution in [2.75, 3.05) is 26.2 Å². The van der Waals surface area contributed by atoms with Crippen molar-refractivity contribution in [2.24, 2.45) is 17.1 Å². The van der Waals surface area contributed by atoms with Crippen LogP contribution < -0.4 is 5.73 Å². The van der Waals surface area contributed by atoms with Crippen LogP contribution in [0.3, 0.4) is 0 Å². The second-order valence-corrected chi connectivity index (χ2v) is 6.25. The molecule has 1 aliphatic carbocycles. The average molecular weight is 224 g/mol. The number of rotatable bonds is 3. The lowest BCUT2D eigenvalue weighted by molar-refractivity contribution is 0.154. The van der Waals surface area contributed by atoms with Gasteiger partial charge in [0, 0.05) is 13.1 Å². The first-order chi connectivity index (χ1) is 7.74. The average Bonchev–Trinajstić information content (AvgIpc) is 2.54. The van der Waals surface area contributed by atoms with E-state index in [0.29, 0.717) is 5.41 Å². The molecule has 2 rings (SSSR count). The molecule has 0 aromatic rings. The summed E-state index contributed by atoms with van der Waals surface area (Å²) in [5.41, 5.74) is 6.55. The summed E-state index contributed by atoms with van der Waals surface area (Å²) in [6.07, 6.45) is 9.79. The van der Waals surface area contributed by atoms with Gasteiger partial charge in [0.25, 0.3) is 0 Å². The predicted octanol–water partition coefficient (Wildman–Crippen LogP) is 2.63. The molecule has 1 unspecified atom stereocenters. The zero-order valence-electron chi connectivity index (χ0n) is 10.9. The third kappa shape index (κ3) is 2.98. The number of nitrogens with zero attached hydrogens (tertiary/aromatic N) is 1. The van der Waals surface area contributed by atoms with Crippen molar-refractivity contribution in [1.82, 2.24) is 4.90 Å². The molecule has 2 fully saturated rings. The summed E-state index contributed by atoms with van der Waals surface area (Å²) in [4.78, 5) is 2.67. The topological polar surface area (TPSA) is 29.3 Å². The Bertz CT molecular complexity index is 207. The van der Waals surface area contributed by atoms with E-state index < -0.39 is 0 Å². The third-order valence-electron chi connectivity index (χ3n) is 4.66. The summed E-state index contributed by atoms with van der Waals surface area (Å²) in [5, 5.41) is 0. The Hall–Kier alpha value is -0.0800. The summed E-state index contributed by atoms with van der Waals surface area (Å²) in [7, 11) is 0. The van der Waals surface area contributed by atoms with E-state index >= 15 is 0 Å². The van der Waals surface area contributed by atoms with E-state index in [2.05, 4.69) is 11.8 Å². The number of hydrogen-bond acceptors (Lipinski definition) is 2. The van der Waals surface area contributed by atoms with Crippen LogP contribution in [0.25, 0.3) is 0 Å². The van der Waals surface area contributed by atoms with E-state index in [4.69, 9.17) is 5.73 Å². The van der Waals surface area contributed by atoms with Crippen LogP contribution in [-0.4, -0.2) is 31.1 Å². The Balaban J connectivity index is 1.92. The Labute approximate surface area is 101 Å². The first-order valence-electron chi connectivity index (χ1n) is 7.16. The largest absolute Gasteiger partial charge is 0.330 e. The highest BCUT2D eigenvalue weighted by Crippen LogP contribution is 2.36. The molecule has 0 aromatic heterocycles. The molecule has 2 aliphatic rings. The predicted molar refractivity (Wildman–Crippen MR) is 69.4 cm³/mol. The normalized spacial score (nSPS) is 31.5. The first-order valence-corrected chi connectivity index (χ1v) is 7.16. The number of nitrogens with two attached hydrogens (primary N) is 1. The Kier molecular flexibility index (Phi) is 4.26. The molecule has 2 nitrogen and oxygen atoms in total. The Morgan fingerprint density at radius 1 is 1.19 bits per heavy atom. The first kappa shape index (κ1) is 12.4. The maximum Gasteiger partial charge on any atom is 0.00502 e. The van der Waals surface area contributed by atoms with Crippen molar-refractivity contribution in [3.05, 3.63) is 0 Å². The van der Waals surface area contributed by atoms with Gasteiger partial charge >= 0.3 is 0 Å². The smallest absolute Gasteiger partial charge is 0.00502 e. The van der Waals surface area contributed by atoms with E-state index in [9.17, 15) is 0 Å². The molecule has 94 valence electrons. The summed E-state index contributed by atoms with van der Waals surface area (Å²) in [6, 6.07) is 0. The van der Waals surface area contributed by atoms with E-state index in [-0.39, 0.29) is 0 Å². The van der Waals surface area contributed by atoms with Crippen LogP contribution in [0.4, 0.5) is 0 Å². The summed E-state index contributed by atoms with van der Waals surface area (Å²) >= 11 is 0. The molecule has 2 N–H and O–H groups in total. The summed E-state index contributed by atoms with van der Waals surface area (Å²) in [6.45, 7) is 7.17. The standard InChI is InChI=1S/C14H28N2/c1-13-6-9-16(10-13)12-14(11-15)7-4-2-3-5-8-14/h13H,2-12,15H2,1H3. The fraction of sp³-hybridized carbons (Fsp3) is 1.00. The lowest BCUT2D eigenvalue weighted by atomic mass is 9.80. The minimum absolute atomic E-state index is 0.459. The van der Waals surface area contributed by atoms with E-state index in [1.54, 1.807) is 0 Å². The van der Waals surface area contributed by atoms with E-state index in [0.717, 1.165) is 12.5 Å². The number of likely N-dealkylation sites (tertiary alicyclic amines) is 1. The van der Waals surface area contributed by atoms with Crippen LogP contribution in [0.5, 0.6) is 0 Å². The highest BCUT2D eigenvalue weighted by molar-refractivity contribution is 4.87. The second kappa shape index (κ2) is 5.50. The molecule has 2 heteroatoms. The minimum Gasteiger partial charge on any atom is -0.330 e. The van der Waals surface area contributed by atoms with Gasteiger partial charge in [-0.2, -0.15) is 0 Å². The van der Waals surface area contributed by atoms with Crippen molar-refractivity contribution in [3.8, 4) is 0 Å². The van der Waals surface area contributed by atoms with E-state index in [1.165, 1.54) is 64.6 Å². The maximum absolute atomic E-state index is 6.09. The van der Waals surface area contributed by atoms with Gasteiger partial charge in [-0.15, -0.1) is 0 Å². The molecule has 1 atom stereocenters. The van der Waals surface area contributed by atoms with Crippen LogP contribution in [0.2, 0.25) is 0 Å². The molecule has 0 radical (unpaired) electrons. The second-order valence-electron chi connectivity index (χ2n) is 6.25. The molecule has 16 heavy (non-hydrogen) atoms. The lowest BCUT2D eigenvalue weighted by Gasteiger charge is -2.35. The van der Waals surface area contributed by atoms with E-state index in [1.807, 2.05) is 0 Å². The SMILES string of the molecule is CC1CCN(CC2(CN)CCCCCC2)C1. The summed E-state index contributed by atoms with van der Waals surface area (Å²) in [5.74, 6) is 0.903. The molecule has 0 bridgehead atoms. The molecule has 0 spiro atoms. The molecular formula is C14H28N2. The molecule has 1 saturated carbocycles.